The zero-order chi connectivity index (χ0) is 13.3. The van der Waals surface area contributed by atoms with Crippen molar-refractivity contribution in [1.29, 1.82) is 5.41 Å². The van der Waals surface area contributed by atoms with Gasteiger partial charge in [-0.3, -0.25) is 10.1 Å². The molecule has 0 saturated heterocycles. The van der Waals surface area contributed by atoms with E-state index in [9.17, 15) is 0 Å². The lowest BCUT2D eigenvalue weighted by Gasteiger charge is -2.10. The molecule has 2 rings (SSSR count). The molecule has 94 valence electrons. The van der Waals surface area contributed by atoms with Crippen LogP contribution in [0.15, 0.2) is 24.3 Å². The topological polar surface area (TPSA) is 76.9 Å². The number of aryl methyl sites for hydroxylation is 2. The first-order valence-corrected chi connectivity index (χ1v) is 5.62. The predicted molar refractivity (Wildman–Crippen MR) is 70.2 cm³/mol. The van der Waals surface area contributed by atoms with Gasteiger partial charge in [-0.2, -0.15) is 5.10 Å². The van der Waals surface area contributed by atoms with Gasteiger partial charge >= 0.3 is 0 Å². The SMILES string of the molecule is Cc1nn(C)c(C)c1Oc1ccccc1C(=N)N. The zero-order valence-electron chi connectivity index (χ0n) is 10.7. The maximum Gasteiger partial charge on any atom is 0.171 e. The Morgan fingerprint density at radius 3 is 2.56 bits per heavy atom. The van der Waals surface area contributed by atoms with Crippen molar-refractivity contribution in [1.82, 2.24) is 9.78 Å². The lowest BCUT2D eigenvalue weighted by Crippen LogP contribution is -2.12. The van der Waals surface area contributed by atoms with Crippen molar-refractivity contribution < 1.29 is 4.74 Å². The minimum absolute atomic E-state index is 0.00945. The summed E-state index contributed by atoms with van der Waals surface area (Å²) in [6, 6.07) is 7.23. The standard InChI is InChI=1S/C13H16N4O/c1-8-12(9(2)17(3)16-8)18-11-7-5-4-6-10(11)13(14)15/h4-7H,1-3H3,(H3,14,15). The molecule has 0 fully saturated rings. The summed E-state index contributed by atoms with van der Waals surface area (Å²) in [5.74, 6) is 1.28. The Kier molecular flexibility index (Phi) is 3.06. The van der Waals surface area contributed by atoms with Crippen molar-refractivity contribution in [2.75, 3.05) is 0 Å². The van der Waals surface area contributed by atoms with E-state index in [0.717, 1.165) is 11.4 Å². The number of nitrogen functional groups attached to an aromatic ring is 1. The highest BCUT2D eigenvalue weighted by atomic mass is 16.5. The molecule has 5 nitrogen and oxygen atoms in total. The van der Waals surface area contributed by atoms with E-state index in [1.165, 1.54) is 0 Å². The van der Waals surface area contributed by atoms with Gasteiger partial charge < -0.3 is 10.5 Å². The molecule has 0 atom stereocenters. The van der Waals surface area contributed by atoms with E-state index in [4.69, 9.17) is 15.9 Å². The fourth-order valence-corrected chi connectivity index (χ4v) is 1.79. The number of rotatable bonds is 3. The van der Waals surface area contributed by atoms with Gasteiger partial charge in [0.05, 0.1) is 11.3 Å². The summed E-state index contributed by atoms with van der Waals surface area (Å²) in [5, 5.41) is 11.8. The van der Waals surface area contributed by atoms with Gasteiger partial charge in [0.2, 0.25) is 0 Å². The molecule has 0 aliphatic carbocycles. The third-order valence-corrected chi connectivity index (χ3v) is 2.83. The van der Waals surface area contributed by atoms with Gasteiger partial charge in [-0.1, -0.05) is 12.1 Å². The van der Waals surface area contributed by atoms with Crippen molar-refractivity contribution in [2.45, 2.75) is 13.8 Å². The summed E-state index contributed by atoms with van der Waals surface area (Å²) in [4.78, 5) is 0. The fourth-order valence-electron chi connectivity index (χ4n) is 1.79. The van der Waals surface area contributed by atoms with Crippen LogP contribution in [0.5, 0.6) is 11.5 Å². The summed E-state index contributed by atoms with van der Waals surface area (Å²) >= 11 is 0. The minimum atomic E-state index is -0.00945. The molecule has 1 heterocycles. The molecule has 0 bridgehead atoms. The number of benzene rings is 1. The molecule has 1 aromatic heterocycles. The molecular formula is C13H16N4O. The Bertz CT molecular complexity index is 601. The van der Waals surface area contributed by atoms with Crippen LogP contribution < -0.4 is 10.5 Å². The molecule has 1 aromatic carbocycles. The highest BCUT2D eigenvalue weighted by molar-refractivity contribution is 5.97. The van der Waals surface area contributed by atoms with E-state index < -0.39 is 0 Å². The first kappa shape index (κ1) is 12.2. The number of hydrogen-bond donors (Lipinski definition) is 2. The van der Waals surface area contributed by atoms with Crippen LogP contribution in [0, 0.1) is 19.3 Å². The highest BCUT2D eigenvalue weighted by Gasteiger charge is 2.14. The average molecular weight is 244 g/mol. The summed E-state index contributed by atoms with van der Waals surface area (Å²) in [6.45, 7) is 3.82. The van der Waals surface area contributed by atoms with Crippen LogP contribution in [0.1, 0.15) is 17.0 Å². The zero-order valence-corrected chi connectivity index (χ0v) is 10.7. The van der Waals surface area contributed by atoms with Gasteiger partial charge in [0, 0.05) is 7.05 Å². The third kappa shape index (κ3) is 2.07. The number of amidine groups is 1. The Labute approximate surface area is 106 Å². The first-order chi connectivity index (χ1) is 8.50. The summed E-state index contributed by atoms with van der Waals surface area (Å²) in [6.07, 6.45) is 0. The molecule has 0 amide bonds. The molecule has 0 radical (unpaired) electrons. The van der Waals surface area contributed by atoms with Crippen LogP contribution in [0.3, 0.4) is 0 Å². The quantitative estimate of drug-likeness (QED) is 0.641. The monoisotopic (exact) mass is 244 g/mol. The fraction of sp³-hybridized carbons (Fsp3) is 0.231. The van der Waals surface area contributed by atoms with Gasteiger partial charge in [-0.25, -0.2) is 0 Å². The van der Waals surface area contributed by atoms with E-state index in [-0.39, 0.29) is 5.84 Å². The number of nitrogens with two attached hydrogens (primary N) is 1. The summed E-state index contributed by atoms with van der Waals surface area (Å²) in [5.41, 5.74) is 7.86. The van der Waals surface area contributed by atoms with Crippen LogP contribution in [0.25, 0.3) is 0 Å². The first-order valence-electron chi connectivity index (χ1n) is 5.62. The van der Waals surface area contributed by atoms with E-state index >= 15 is 0 Å². The van der Waals surface area contributed by atoms with Crippen molar-refractivity contribution in [2.24, 2.45) is 12.8 Å². The highest BCUT2D eigenvalue weighted by Crippen LogP contribution is 2.29. The Morgan fingerprint density at radius 2 is 2.00 bits per heavy atom. The largest absolute Gasteiger partial charge is 0.453 e. The Hall–Kier alpha value is -2.30. The van der Waals surface area contributed by atoms with Crippen molar-refractivity contribution in [3.05, 3.63) is 41.2 Å². The molecule has 3 N–H and O–H groups in total. The van der Waals surface area contributed by atoms with Crippen LogP contribution in [0.2, 0.25) is 0 Å². The third-order valence-electron chi connectivity index (χ3n) is 2.83. The maximum atomic E-state index is 7.53. The number of nitrogens with one attached hydrogen (secondary N) is 1. The second-order valence-electron chi connectivity index (χ2n) is 4.14. The van der Waals surface area contributed by atoms with Gasteiger partial charge in [0.1, 0.15) is 17.3 Å². The van der Waals surface area contributed by atoms with Crippen LogP contribution in [-0.2, 0) is 7.05 Å². The van der Waals surface area contributed by atoms with Gasteiger partial charge in [0.15, 0.2) is 5.75 Å². The number of ether oxygens (including phenoxy) is 1. The Morgan fingerprint density at radius 1 is 1.33 bits per heavy atom. The lowest BCUT2D eigenvalue weighted by molar-refractivity contribution is 0.473. The second kappa shape index (κ2) is 4.52. The molecule has 0 spiro atoms. The minimum Gasteiger partial charge on any atom is -0.453 e. The van der Waals surface area contributed by atoms with E-state index in [1.54, 1.807) is 16.8 Å². The molecule has 0 aliphatic rings. The number of hydrogen-bond acceptors (Lipinski definition) is 3. The van der Waals surface area contributed by atoms with Gasteiger partial charge in [-0.05, 0) is 26.0 Å². The second-order valence-corrected chi connectivity index (χ2v) is 4.14. The molecule has 5 heteroatoms. The van der Waals surface area contributed by atoms with E-state index in [0.29, 0.717) is 17.1 Å². The molecule has 18 heavy (non-hydrogen) atoms. The Balaban J connectivity index is 2.43. The van der Waals surface area contributed by atoms with Crippen LogP contribution in [0.4, 0.5) is 0 Å². The molecule has 2 aromatic rings. The number of para-hydroxylation sites is 1. The average Bonchev–Trinajstić information content (AvgIpc) is 2.56. The smallest absolute Gasteiger partial charge is 0.171 e. The van der Waals surface area contributed by atoms with Crippen molar-refractivity contribution in [3.63, 3.8) is 0 Å². The predicted octanol–water partition coefficient (Wildman–Crippen LogP) is 2.11. The van der Waals surface area contributed by atoms with Crippen molar-refractivity contribution >= 4 is 5.84 Å². The molecular weight excluding hydrogens is 228 g/mol. The van der Waals surface area contributed by atoms with Crippen LogP contribution >= 0.6 is 0 Å². The summed E-state index contributed by atoms with van der Waals surface area (Å²) < 4.78 is 7.61. The molecule has 0 aliphatic heterocycles. The number of nitrogens with zero attached hydrogens (tertiary/aromatic N) is 2. The molecule has 0 unspecified atom stereocenters. The maximum absolute atomic E-state index is 7.53. The summed E-state index contributed by atoms with van der Waals surface area (Å²) in [7, 11) is 1.87. The lowest BCUT2D eigenvalue weighted by atomic mass is 10.2. The normalized spacial score (nSPS) is 10.4. The van der Waals surface area contributed by atoms with E-state index in [2.05, 4.69) is 5.10 Å². The van der Waals surface area contributed by atoms with Gasteiger partial charge in [0.25, 0.3) is 0 Å². The van der Waals surface area contributed by atoms with Gasteiger partial charge in [-0.15, -0.1) is 0 Å². The number of aromatic nitrogens is 2. The molecule has 0 saturated carbocycles. The van der Waals surface area contributed by atoms with E-state index in [1.807, 2.05) is 33.0 Å². The van der Waals surface area contributed by atoms with Crippen molar-refractivity contribution in [3.8, 4) is 11.5 Å². The van der Waals surface area contributed by atoms with Crippen LogP contribution in [-0.4, -0.2) is 15.6 Å².